The first kappa shape index (κ1) is 27.2. The molecule has 4 heterocycles. The average molecular weight is 553 g/mol. The number of ether oxygens (including phenoxy) is 2. The standard InChI is InChI=1S/C32H36N6O3/c1-4-30(39)38-16-15-37(19-24(38)18-33-2)31-27-21-40-29(26-13-7-10-22-9-5-6-12-25(22)26)17-28(27)34-32(35-31)41-20-23-11-8-14-36(23)3/h4-7,9-10,12-13,23-24,29H,1,8,11,14-21H2,3H3/t23-,24-,29?/m0/s1. The fourth-order valence-corrected chi connectivity index (χ4v) is 6.36. The molecule has 2 fully saturated rings. The van der Waals surface area contributed by atoms with E-state index in [0.29, 0.717) is 51.3 Å². The van der Waals surface area contributed by atoms with Gasteiger partial charge in [-0.3, -0.25) is 4.79 Å². The van der Waals surface area contributed by atoms with Crippen LogP contribution in [0.25, 0.3) is 15.6 Å². The lowest BCUT2D eigenvalue weighted by molar-refractivity contribution is -0.128. The van der Waals surface area contributed by atoms with E-state index >= 15 is 0 Å². The van der Waals surface area contributed by atoms with Gasteiger partial charge in [-0.05, 0) is 48.8 Å². The van der Waals surface area contributed by atoms with Crippen LogP contribution in [0.5, 0.6) is 6.01 Å². The van der Waals surface area contributed by atoms with Crippen molar-refractivity contribution in [3.63, 3.8) is 0 Å². The topological polar surface area (TPSA) is 75.4 Å². The lowest BCUT2D eigenvalue weighted by Crippen LogP contribution is -2.56. The predicted octanol–water partition coefficient (Wildman–Crippen LogP) is 4.04. The lowest BCUT2D eigenvalue weighted by Gasteiger charge is -2.40. The summed E-state index contributed by atoms with van der Waals surface area (Å²) >= 11 is 0. The second kappa shape index (κ2) is 11.9. The number of rotatable bonds is 7. The molecule has 1 amide bonds. The molecule has 0 spiro atoms. The Morgan fingerprint density at radius 3 is 2.83 bits per heavy atom. The van der Waals surface area contributed by atoms with Crippen LogP contribution in [0.1, 0.15) is 35.8 Å². The van der Waals surface area contributed by atoms with Crippen LogP contribution in [0.2, 0.25) is 0 Å². The summed E-state index contributed by atoms with van der Waals surface area (Å²) in [6.45, 7) is 14.9. The molecule has 3 aliphatic rings. The number of carbonyl (C=O) groups is 1. The maximum Gasteiger partial charge on any atom is 0.318 e. The minimum Gasteiger partial charge on any atom is -0.462 e. The zero-order valence-electron chi connectivity index (χ0n) is 23.5. The van der Waals surface area contributed by atoms with Gasteiger partial charge in [0.15, 0.2) is 0 Å². The Kier molecular flexibility index (Phi) is 7.86. The molecule has 9 nitrogen and oxygen atoms in total. The van der Waals surface area contributed by atoms with Crippen molar-refractivity contribution in [3.8, 4) is 6.01 Å². The van der Waals surface area contributed by atoms with Gasteiger partial charge < -0.3 is 29.0 Å². The summed E-state index contributed by atoms with van der Waals surface area (Å²) in [7, 11) is 2.13. The molecule has 212 valence electrons. The molecule has 6 rings (SSSR count). The summed E-state index contributed by atoms with van der Waals surface area (Å²) in [6.07, 6.45) is 4.07. The van der Waals surface area contributed by atoms with E-state index in [-0.39, 0.29) is 24.6 Å². The van der Waals surface area contributed by atoms with Gasteiger partial charge in [-0.15, -0.1) is 0 Å². The highest BCUT2D eigenvalue weighted by Crippen LogP contribution is 2.38. The van der Waals surface area contributed by atoms with Gasteiger partial charge in [0.1, 0.15) is 18.5 Å². The third-order valence-corrected chi connectivity index (χ3v) is 8.65. The van der Waals surface area contributed by atoms with Gasteiger partial charge in [0.05, 0.1) is 18.4 Å². The Labute approximate surface area is 241 Å². The van der Waals surface area contributed by atoms with E-state index in [4.69, 9.17) is 26.0 Å². The molecule has 0 bridgehead atoms. The first-order valence-electron chi connectivity index (χ1n) is 14.4. The van der Waals surface area contributed by atoms with E-state index in [2.05, 4.69) is 70.7 Å². The SMILES string of the molecule is [C-]#[N+]C[C@H]1CN(c2nc(OC[C@@H]3CCCN3C)nc3c2COC(c2cccc4ccccc24)C3)CCN1C(=O)C=C. The van der Waals surface area contributed by atoms with Crippen LogP contribution in [-0.4, -0.2) is 84.1 Å². The van der Waals surface area contributed by atoms with E-state index in [9.17, 15) is 4.79 Å². The fourth-order valence-electron chi connectivity index (χ4n) is 6.36. The Bertz CT molecular complexity index is 1480. The smallest absolute Gasteiger partial charge is 0.318 e. The zero-order chi connectivity index (χ0) is 28.3. The second-order valence-corrected chi connectivity index (χ2v) is 11.1. The van der Waals surface area contributed by atoms with Crippen molar-refractivity contribution >= 4 is 22.5 Å². The van der Waals surface area contributed by atoms with Crippen LogP contribution in [-0.2, 0) is 22.6 Å². The van der Waals surface area contributed by atoms with Crippen LogP contribution >= 0.6 is 0 Å². The van der Waals surface area contributed by atoms with Crippen molar-refractivity contribution in [3.05, 3.63) is 83.4 Å². The number of carbonyl (C=O) groups excluding carboxylic acids is 1. The quantitative estimate of drug-likeness (QED) is 0.324. The number of hydrogen-bond donors (Lipinski definition) is 0. The number of anilines is 1. The van der Waals surface area contributed by atoms with Crippen LogP contribution in [0.4, 0.5) is 5.82 Å². The molecule has 0 N–H and O–H groups in total. The monoisotopic (exact) mass is 552 g/mol. The van der Waals surface area contributed by atoms with E-state index in [1.807, 2.05) is 0 Å². The number of amides is 1. The first-order valence-corrected chi connectivity index (χ1v) is 14.4. The summed E-state index contributed by atoms with van der Waals surface area (Å²) in [5.74, 6) is 0.635. The molecule has 1 aromatic heterocycles. The molecular formula is C32H36N6O3. The number of likely N-dealkylation sites (N-methyl/N-ethyl adjacent to an activating group) is 1. The molecule has 0 saturated carbocycles. The highest BCUT2D eigenvalue weighted by Gasteiger charge is 2.35. The minimum atomic E-state index is -0.248. The van der Waals surface area contributed by atoms with Gasteiger partial charge in [-0.2, -0.15) is 9.97 Å². The van der Waals surface area contributed by atoms with Crippen LogP contribution in [0.15, 0.2) is 55.1 Å². The van der Waals surface area contributed by atoms with Gasteiger partial charge in [0.25, 0.3) is 0 Å². The molecule has 3 aliphatic heterocycles. The summed E-state index contributed by atoms with van der Waals surface area (Å²) in [4.78, 5) is 32.2. The number of benzene rings is 2. The number of aromatic nitrogens is 2. The van der Waals surface area contributed by atoms with E-state index in [1.54, 1.807) is 4.90 Å². The summed E-state index contributed by atoms with van der Waals surface area (Å²) in [5.41, 5.74) is 3.04. The summed E-state index contributed by atoms with van der Waals surface area (Å²) < 4.78 is 12.8. The molecule has 0 radical (unpaired) electrons. The Morgan fingerprint density at radius 2 is 2.02 bits per heavy atom. The van der Waals surface area contributed by atoms with Gasteiger partial charge in [-0.25, -0.2) is 6.57 Å². The van der Waals surface area contributed by atoms with Crippen molar-refractivity contribution < 1.29 is 14.3 Å². The number of hydrogen-bond acceptors (Lipinski definition) is 7. The molecular weight excluding hydrogens is 516 g/mol. The summed E-state index contributed by atoms with van der Waals surface area (Å²) in [6, 6.07) is 15.2. The largest absolute Gasteiger partial charge is 0.462 e. The molecule has 3 atom stereocenters. The molecule has 41 heavy (non-hydrogen) atoms. The lowest BCUT2D eigenvalue weighted by atomic mass is 9.94. The number of piperazine rings is 1. The van der Waals surface area contributed by atoms with Gasteiger partial charge in [0, 0.05) is 37.7 Å². The normalized spacial score (nSPS) is 22.8. The fraction of sp³-hybridized carbons (Fsp3) is 0.438. The van der Waals surface area contributed by atoms with Crippen molar-refractivity contribution in [2.75, 3.05) is 51.3 Å². The van der Waals surface area contributed by atoms with Gasteiger partial charge >= 0.3 is 6.01 Å². The minimum absolute atomic E-state index is 0.137. The number of nitrogens with zero attached hydrogens (tertiary/aromatic N) is 6. The van der Waals surface area contributed by atoms with Crippen LogP contribution in [0.3, 0.4) is 0 Å². The predicted molar refractivity (Wildman–Crippen MR) is 158 cm³/mol. The first-order chi connectivity index (χ1) is 20.1. The number of likely N-dealkylation sites (tertiary alicyclic amines) is 1. The van der Waals surface area contributed by atoms with Gasteiger partial charge in [0.2, 0.25) is 12.5 Å². The molecule has 2 aromatic carbocycles. The third-order valence-electron chi connectivity index (χ3n) is 8.65. The number of fused-ring (bicyclic) bond motifs is 2. The van der Waals surface area contributed by atoms with Crippen LogP contribution in [0, 0.1) is 6.57 Å². The molecule has 9 heteroatoms. The molecule has 1 unspecified atom stereocenters. The van der Waals surface area contributed by atoms with Crippen molar-refractivity contribution in [1.29, 1.82) is 0 Å². The second-order valence-electron chi connectivity index (χ2n) is 11.1. The van der Waals surface area contributed by atoms with Crippen LogP contribution < -0.4 is 9.64 Å². The zero-order valence-corrected chi connectivity index (χ0v) is 23.5. The Balaban J connectivity index is 1.33. The van der Waals surface area contributed by atoms with E-state index in [1.165, 1.54) is 23.3 Å². The maximum atomic E-state index is 12.5. The molecule has 0 aliphatic carbocycles. The summed E-state index contributed by atoms with van der Waals surface area (Å²) in [5, 5.41) is 2.37. The highest BCUT2D eigenvalue weighted by molar-refractivity contribution is 5.87. The van der Waals surface area contributed by atoms with Gasteiger partial charge in [-0.1, -0.05) is 49.0 Å². The van der Waals surface area contributed by atoms with E-state index in [0.717, 1.165) is 35.6 Å². The maximum absolute atomic E-state index is 12.5. The van der Waals surface area contributed by atoms with Crippen molar-refractivity contribution in [2.45, 2.75) is 44.1 Å². The van der Waals surface area contributed by atoms with Crippen molar-refractivity contribution in [2.24, 2.45) is 0 Å². The Hall–Kier alpha value is -4.00. The molecule has 3 aromatic rings. The third kappa shape index (κ3) is 5.50. The Morgan fingerprint density at radius 1 is 1.17 bits per heavy atom. The average Bonchev–Trinajstić information content (AvgIpc) is 3.43. The van der Waals surface area contributed by atoms with E-state index < -0.39 is 0 Å². The highest BCUT2D eigenvalue weighted by atomic mass is 16.5. The molecule has 2 saturated heterocycles. The van der Waals surface area contributed by atoms with Crippen molar-refractivity contribution in [1.82, 2.24) is 19.8 Å².